The maximum atomic E-state index is 13.2. The topological polar surface area (TPSA) is 86.8 Å². The van der Waals surface area contributed by atoms with Gasteiger partial charge in [-0.3, -0.25) is 13.9 Å². The van der Waals surface area contributed by atoms with Crippen molar-refractivity contribution >= 4 is 39.1 Å². The Bertz CT molecular complexity index is 1050. The van der Waals surface area contributed by atoms with Crippen molar-refractivity contribution in [3.63, 3.8) is 0 Å². The van der Waals surface area contributed by atoms with Gasteiger partial charge in [0.15, 0.2) is 0 Å². The van der Waals surface area contributed by atoms with Gasteiger partial charge in [0.05, 0.1) is 11.9 Å². The van der Waals surface area contributed by atoms with E-state index in [9.17, 15) is 22.4 Å². The second-order valence-electron chi connectivity index (χ2n) is 7.32. The summed E-state index contributed by atoms with van der Waals surface area (Å²) in [7, 11) is -2.14. The summed E-state index contributed by atoms with van der Waals surface area (Å²) in [6.07, 6.45) is 1.28. The van der Waals surface area contributed by atoms with Crippen LogP contribution in [0.1, 0.15) is 25.3 Å². The van der Waals surface area contributed by atoms with Crippen molar-refractivity contribution in [1.82, 2.24) is 10.2 Å². The number of likely N-dealkylation sites (N-methyl/N-ethyl adjacent to an activating group) is 1. The van der Waals surface area contributed by atoms with E-state index in [1.165, 1.54) is 36.2 Å². The summed E-state index contributed by atoms with van der Waals surface area (Å²) in [5.74, 6) is -1.11. The Labute approximate surface area is 193 Å². The average Bonchev–Trinajstić information content (AvgIpc) is 2.75. The molecule has 0 radical (unpaired) electrons. The molecule has 10 heteroatoms. The molecule has 0 bridgehead atoms. The molecular formula is C22H27ClFN3O4S. The van der Waals surface area contributed by atoms with Crippen molar-refractivity contribution in [2.75, 3.05) is 24.2 Å². The van der Waals surface area contributed by atoms with Crippen molar-refractivity contribution < 1.29 is 22.4 Å². The summed E-state index contributed by atoms with van der Waals surface area (Å²) in [6.45, 7) is 1.79. The number of anilines is 1. The number of carbonyl (C=O) groups is 2. The highest BCUT2D eigenvalue weighted by Gasteiger charge is 2.26. The van der Waals surface area contributed by atoms with Crippen LogP contribution in [-0.4, -0.2) is 51.0 Å². The number of sulfonamides is 1. The number of nitrogens with zero attached hydrogens (tertiary/aromatic N) is 2. The van der Waals surface area contributed by atoms with E-state index >= 15 is 0 Å². The number of amides is 2. The van der Waals surface area contributed by atoms with Gasteiger partial charge in [0, 0.05) is 31.6 Å². The van der Waals surface area contributed by atoms with Gasteiger partial charge in [0.1, 0.15) is 11.9 Å². The third-order valence-electron chi connectivity index (χ3n) is 4.98. The second-order valence-corrected chi connectivity index (χ2v) is 9.63. The van der Waals surface area contributed by atoms with Crippen LogP contribution < -0.4 is 9.62 Å². The molecule has 1 atom stereocenters. The molecule has 0 aromatic heterocycles. The highest BCUT2D eigenvalue weighted by Crippen LogP contribution is 2.21. The zero-order chi connectivity index (χ0) is 23.9. The number of rotatable bonds is 10. The summed E-state index contributed by atoms with van der Waals surface area (Å²) in [6, 6.07) is 11.4. The van der Waals surface area contributed by atoms with Gasteiger partial charge in [-0.2, -0.15) is 0 Å². The van der Waals surface area contributed by atoms with E-state index in [1.807, 2.05) is 0 Å². The summed E-state index contributed by atoms with van der Waals surface area (Å²) in [5, 5.41) is 3.02. The first-order valence-electron chi connectivity index (χ1n) is 10.0. The molecule has 0 spiro atoms. The van der Waals surface area contributed by atoms with Gasteiger partial charge in [0.25, 0.3) is 0 Å². The van der Waals surface area contributed by atoms with Crippen LogP contribution in [0.15, 0.2) is 48.5 Å². The lowest BCUT2D eigenvalue weighted by Crippen LogP contribution is -2.46. The highest BCUT2D eigenvalue weighted by molar-refractivity contribution is 7.92. The van der Waals surface area contributed by atoms with E-state index in [-0.39, 0.29) is 37.7 Å². The van der Waals surface area contributed by atoms with Crippen molar-refractivity contribution in [2.45, 2.75) is 32.4 Å². The van der Waals surface area contributed by atoms with Crippen LogP contribution in [0.4, 0.5) is 10.1 Å². The molecule has 32 heavy (non-hydrogen) atoms. The van der Waals surface area contributed by atoms with Crippen molar-refractivity contribution in [2.24, 2.45) is 0 Å². The monoisotopic (exact) mass is 483 g/mol. The molecule has 1 N–H and O–H groups in total. The van der Waals surface area contributed by atoms with Gasteiger partial charge >= 0.3 is 0 Å². The van der Waals surface area contributed by atoms with E-state index < -0.39 is 21.9 Å². The molecule has 2 rings (SSSR count). The molecular weight excluding hydrogens is 457 g/mol. The Kier molecular flexibility index (Phi) is 9.03. The second kappa shape index (κ2) is 11.3. The van der Waals surface area contributed by atoms with Crippen LogP contribution in [-0.2, 0) is 26.2 Å². The van der Waals surface area contributed by atoms with Crippen molar-refractivity contribution in [3.8, 4) is 0 Å². The Morgan fingerprint density at radius 1 is 1.12 bits per heavy atom. The smallest absolute Gasteiger partial charge is 0.242 e. The normalized spacial score (nSPS) is 12.2. The minimum Gasteiger partial charge on any atom is -0.357 e. The molecule has 0 aliphatic heterocycles. The standard InChI is InChI=1S/C22H27ClFN3O4S/c1-16(22(29)25-2)26(15-17-7-4-5-8-20(17)23)21(28)9-6-14-27(32(3,30)31)19-12-10-18(24)11-13-19/h4-5,7-8,10-13,16H,6,9,14-15H2,1-3H3,(H,25,29)/t16-/m0/s1. The quantitative estimate of drug-likeness (QED) is 0.562. The summed E-state index contributed by atoms with van der Waals surface area (Å²) < 4.78 is 38.8. The first kappa shape index (κ1) is 25.6. The molecule has 0 saturated heterocycles. The fourth-order valence-corrected chi connectivity index (χ4v) is 4.37. The van der Waals surface area contributed by atoms with E-state index in [1.54, 1.807) is 31.2 Å². The third-order valence-corrected chi connectivity index (χ3v) is 6.54. The zero-order valence-corrected chi connectivity index (χ0v) is 19.8. The maximum absolute atomic E-state index is 13.2. The van der Waals surface area contributed by atoms with E-state index in [4.69, 9.17) is 11.6 Å². The zero-order valence-electron chi connectivity index (χ0n) is 18.2. The molecule has 2 aromatic carbocycles. The Balaban J connectivity index is 2.14. The largest absolute Gasteiger partial charge is 0.357 e. The number of carbonyl (C=O) groups excluding carboxylic acids is 2. The molecule has 0 aliphatic carbocycles. The molecule has 0 unspecified atom stereocenters. The van der Waals surface area contributed by atoms with Crippen LogP contribution >= 0.6 is 11.6 Å². The highest BCUT2D eigenvalue weighted by atomic mass is 35.5. The van der Waals surface area contributed by atoms with Crippen molar-refractivity contribution in [3.05, 3.63) is 64.9 Å². The number of hydrogen-bond acceptors (Lipinski definition) is 4. The molecule has 2 amide bonds. The first-order chi connectivity index (χ1) is 15.0. The van der Waals surface area contributed by atoms with Crippen LogP contribution in [0, 0.1) is 5.82 Å². The fourth-order valence-electron chi connectivity index (χ4n) is 3.21. The Hall–Kier alpha value is -2.65. The lowest BCUT2D eigenvalue weighted by Gasteiger charge is -2.29. The lowest BCUT2D eigenvalue weighted by atomic mass is 10.1. The summed E-state index contributed by atoms with van der Waals surface area (Å²) >= 11 is 6.23. The van der Waals surface area contributed by atoms with Crippen LogP contribution in [0.5, 0.6) is 0 Å². The molecule has 7 nitrogen and oxygen atoms in total. The maximum Gasteiger partial charge on any atom is 0.242 e. The Morgan fingerprint density at radius 3 is 2.31 bits per heavy atom. The molecule has 174 valence electrons. The van der Waals surface area contributed by atoms with E-state index in [2.05, 4.69) is 5.32 Å². The van der Waals surface area contributed by atoms with Gasteiger partial charge in [-0.15, -0.1) is 0 Å². The number of hydrogen-bond donors (Lipinski definition) is 1. The summed E-state index contributed by atoms with van der Waals surface area (Å²) in [4.78, 5) is 26.6. The molecule has 0 aliphatic rings. The predicted octanol–water partition coefficient (Wildman–Crippen LogP) is 3.19. The van der Waals surface area contributed by atoms with Crippen LogP contribution in [0.25, 0.3) is 0 Å². The average molecular weight is 484 g/mol. The number of halogens is 2. The van der Waals surface area contributed by atoms with E-state index in [0.29, 0.717) is 16.3 Å². The number of nitrogens with one attached hydrogen (secondary N) is 1. The lowest BCUT2D eigenvalue weighted by molar-refractivity contribution is -0.140. The molecule has 2 aromatic rings. The van der Waals surface area contributed by atoms with Crippen LogP contribution in [0.2, 0.25) is 5.02 Å². The Morgan fingerprint density at radius 2 is 1.75 bits per heavy atom. The minimum absolute atomic E-state index is 0.0129. The predicted molar refractivity (Wildman–Crippen MR) is 123 cm³/mol. The third kappa shape index (κ3) is 6.93. The van der Waals surface area contributed by atoms with Gasteiger partial charge < -0.3 is 10.2 Å². The fraction of sp³-hybridized carbons (Fsp3) is 0.364. The van der Waals surface area contributed by atoms with E-state index in [0.717, 1.165) is 10.6 Å². The minimum atomic E-state index is -3.63. The molecule has 0 heterocycles. The molecule has 0 saturated carbocycles. The van der Waals surface area contributed by atoms with Gasteiger partial charge in [-0.1, -0.05) is 29.8 Å². The SMILES string of the molecule is CNC(=O)[C@H](C)N(Cc1ccccc1Cl)C(=O)CCCN(c1ccc(F)cc1)S(C)(=O)=O. The van der Waals surface area contributed by atoms with Crippen LogP contribution in [0.3, 0.4) is 0 Å². The summed E-state index contributed by atoms with van der Waals surface area (Å²) in [5.41, 5.74) is 1.01. The van der Waals surface area contributed by atoms with Gasteiger partial charge in [-0.25, -0.2) is 12.8 Å². The first-order valence-corrected chi connectivity index (χ1v) is 12.2. The number of benzene rings is 2. The van der Waals surface area contributed by atoms with Gasteiger partial charge in [-0.05, 0) is 49.2 Å². The van der Waals surface area contributed by atoms with Crippen molar-refractivity contribution in [1.29, 1.82) is 0 Å². The molecule has 0 fully saturated rings. The van der Waals surface area contributed by atoms with Gasteiger partial charge in [0.2, 0.25) is 21.8 Å².